The third-order valence-corrected chi connectivity index (χ3v) is 2.46. The maximum absolute atomic E-state index is 11.4. The van der Waals surface area contributed by atoms with Gasteiger partial charge in [0.1, 0.15) is 5.75 Å². The first-order valence-electron chi connectivity index (χ1n) is 5.62. The van der Waals surface area contributed by atoms with E-state index >= 15 is 0 Å². The Morgan fingerprint density at radius 2 is 1.89 bits per heavy atom. The Bertz CT molecular complexity index is 491. The highest BCUT2D eigenvalue weighted by molar-refractivity contribution is 5.90. The Balaban J connectivity index is 2.90. The van der Waals surface area contributed by atoms with Crippen LogP contribution in [0, 0.1) is 0 Å². The summed E-state index contributed by atoms with van der Waals surface area (Å²) in [7, 11) is 4.16. The van der Waals surface area contributed by atoms with Crippen molar-refractivity contribution >= 4 is 18.0 Å². The van der Waals surface area contributed by atoms with E-state index in [9.17, 15) is 9.59 Å². The molecule has 0 aliphatic heterocycles. The summed E-state index contributed by atoms with van der Waals surface area (Å²) in [5.74, 6) is -0.214. The summed E-state index contributed by atoms with van der Waals surface area (Å²) in [6.07, 6.45) is 3.58. The fourth-order valence-electron chi connectivity index (χ4n) is 1.46. The lowest BCUT2D eigenvalue weighted by molar-refractivity contribution is -0.139. The quantitative estimate of drug-likeness (QED) is 0.762. The van der Waals surface area contributed by atoms with Gasteiger partial charge >= 0.3 is 11.9 Å². The summed E-state index contributed by atoms with van der Waals surface area (Å²) in [5, 5.41) is 0. The molecule has 0 aliphatic carbocycles. The summed E-state index contributed by atoms with van der Waals surface area (Å²) in [6, 6.07) is 4.94. The summed E-state index contributed by atoms with van der Waals surface area (Å²) < 4.78 is 14.3. The maximum Gasteiger partial charge on any atom is 0.337 e. The Morgan fingerprint density at radius 1 is 1.16 bits per heavy atom. The largest absolute Gasteiger partial charge is 0.496 e. The Hall–Kier alpha value is -2.30. The van der Waals surface area contributed by atoms with Crippen LogP contribution >= 0.6 is 0 Å². The Labute approximate surface area is 111 Å². The number of hydrogen-bond acceptors (Lipinski definition) is 5. The van der Waals surface area contributed by atoms with Crippen molar-refractivity contribution in [2.45, 2.75) is 6.42 Å². The number of carbonyl (C=O) groups is 2. The molecule has 5 nitrogen and oxygen atoms in total. The Morgan fingerprint density at radius 3 is 2.47 bits per heavy atom. The first-order chi connectivity index (χ1) is 9.12. The molecule has 0 atom stereocenters. The van der Waals surface area contributed by atoms with Gasteiger partial charge in [0, 0.05) is 5.56 Å². The van der Waals surface area contributed by atoms with E-state index in [2.05, 4.69) is 9.47 Å². The number of carbonyl (C=O) groups excluding carboxylic acids is 2. The normalized spacial score (nSPS) is 10.3. The van der Waals surface area contributed by atoms with Crippen LogP contribution in [0.1, 0.15) is 22.3 Å². The van der Waals surface area contributed by atoms with E-state index in [-0.39, 0.29) is 12.4 Å². The van der Waals surface area contributed by atoms with Gasteiger partial charge in [-0.2, -0.15) is 0 Å². The van der Waals surface area contributed by atoms with Crippen LogP contribution in [-0.4, -0.2) is 33.3 Å². The summed E-state index contributed by atoms with van der Waals surface area (Å²) in [6.45, 7) is 0. The first-order valence-corrected chi connectivity index (χ1v) is 5.62. The molecule has 0 unspecified atom stereocenters. The third kappa shape index (κ3) is 4.13. The lowest BCUT2D eigenvalue weighted by Crippen LogP contribution is -2.02. The van der Waals surface area contributed by atoms with Gasteiger partial charge < -0.3 is 14.2 Å². The minimum absolute atomic E-state index is 0.179. The molecule has 0 saturated heterocycles. The highest BCUT2D eigenvalue weighted by Crippen LogP contribution is 2.22. The fourth-order valence-corrected chi connectivity index (χ4v) is 1.46. The average molecular weight is 264 g/mol. The van der Waals surface area contributed by atoms with Crippen LogP contribution in [0.25, 0.3) is 6.08 Å². The molecule has 102 valence electrons. The molecule has 5 heteroatoms. The van der Waals surface area contributed by atoms with Crippen molar-refractivity contribution in [3.8, 4) is 5.75 Å². The molecule has 0 aromatic heterocycles. The topological polar surface area (TPSA) is 61.8 Å². The lowest BCUT2D eigenvalue weighted by atomic mass is 10.1. The molecule has 0 amide bonds. The second kappa shape index (κ2) is 7.20. The zero-order valence-corrected chi connectivity index (χ0v) is 11.1. The SMILES string of the molecule is COC(=O)CC=Cc1ccc(C(=O)OC)cc1OC. The van der Waals surface area contributed by atoms with E-state index in [0.29, 0.717) is 11.3 Å². The number of hydrogen-bond donors (Lipinski definition) is 0. The van der Waals surface area contributed by atoms with E-state index in [0.717, 1.165) is 5.56 Å². The number of ether oxygens (including phenoxy) is 3. The van der Waals surface area contributed by atoms with Gasteiger partial charge in [-0.15, -0.1) is 0 Å². The molecule has 1 aromatic rings. The van der Waals surface area contributed by atoms with Gasteiger partial charge in [0.2, 0.25) is 0 Å². The molecule has 0 heterocycles. The standard InChI is InChI=1S/C14H16O5/c1-17-12-9-11(14(16)19-3)8-7-10(12)5-4-6-13(15)18-2/h4-5,7-9H,6H2,1-3H3. The van der Waals surface area contributed by atoms with Crippen LogP contribution in [0.15, 0.2) is 24.3 Å². The van der Waals surface area contributed by atoms with E-state index in [1.165, 1.54) is 21.3 Å². The van der Waals surface area contributed by atoms with Crippen LogP contribution in [0.3, 0.4) is 0 Å². The predicted molar refractivity (Wildman–Crippen MR) is 70.0 cm³/mol. The summed E-state index contributed by atoms with van der Waals surface area (Å²) in [4.78, 5) is 22.4. The van der Waals surface area contributed by atoms with E-state index in [1.54, 1.807) is 30.4 Å². The zero-order chi connectivity index (χ0) is 14.3. The van der Waals surface area contributed by atoms with Crippen molar-refractivity contribution in [1.82, 2.24) is 0 Å². The van der Waals surface area contributed by atoms with Gasteiger partial charge in [-0.3, -0.25) is 4.79 Å². The fraction of sp³-hybridized carbons (Fsp3) is 0.286. The summed E-state index contributed by atoms with van der Waals surface area (Å²) >= 11 is 0. The molecule has 0 N–H and O–H groups in total. The van der Waals surface area contributed by atoms with E-state index in [4.69, 9.17) is 4.74 Å². The van der Waals surface area contributed by atoms with E-state index < -0.39 is 5.97 Å². The van der Waals surface area contributed by atoms with Gasteiger partial charge in [0.15, 0.2) is 0 Å². The van der Waals surface area contributed by atoms with Gasteiger partial charge in [0.25, 0.3) is 0 Å². The predicted octanol–water partition coefficient (Wildman–Crippen LogP) is 2.06. The van der Waals surface area contributed by atoms with Crippen molar-refractivity contribution < 1.29 is 23.8 Å². The molecular formula is C14H16O5. The van der Waals surface area contributed by atoms with Crippen LogP contribution in [-0.2, 0) is 14.3 Å². The van der Waals surface area contributed by atoms with Crippen LogP contribution in [0.5, 0.6) is 5.75 Å². The van der Waals surface area contributed by atoms with E-state index in [1.807, 2.05) is 0 Å². The van der Waals surface area contributed by atoms with Gasteiger partial charge in [-0.25, -0.2) is 4.79 Å². The smallest absolute Gasteiger partial charge is 0.337 e. The van der Waals surface area contributed by atoms with Crippen LogP contribution in [0.4, 0.5) is 0 Å². The molecular weight excluding hydrogens is 248 g/mol. The average Bonchev–Trinajstić information content (AvgIpc) is 2.46. The molecule has 0 aliphatic rings. The second-order valence-electron chi connectivity index (χ2n) is 3.63. The lowest BCUT2D eigenvalue weighted by Gasteiger charge is -2.07. The molecule has 0 bridgehead atoms. The number of esters is 2. The maximum atomic E-state index is 11.4. The number of benzene rings is 1. The molecule has 1 rings (SSSR count). The highest BCUT2D eigenvalue weighted by atomic mass is 16.5. The molecule has 19 heavy (non-hydrogen) atoms. The zero-order valence-electron chi connectivity index (χ0n) is 11.1. The third-order valence-electron chi connectivity index (χ3n) is 2.46. The van der Waals surface area contributed by atoms with Crippen molar-refractivity contribution in [2.75, 3.05) is 21.3 Å². The summed E-state index contributed by atoms with van der Waals surface area (Å²) in [5.41, 5.74) is 1.17. The molecule has 0 fully saturated rings. The molecule has 0 spiro atoms. The monoisotopic (exact) mass is 264 g/mol. The van der Waals surface area contributed by atoms with Crippen molar-refractivity contribution in [2.24, 2.45) is 0 Å². The number of rotatable bonds is 5. The highest BCUT2D eigenvalue weighted by Gasteiger charge is 2.08. The minimum atomic E-state index is -0.427. The van der Waals surface area contributed by atoms with Gasteiger partial charge in [0.05, 0.1) is 33.3 Å². The Kier molecular flexibility index (Phi) is 5.60. The number of methoxy groups -OCH3 is 3. The first kappa shape index (κ1) is 14.8. The molecule has 1 aromatic carbocycles. The van der Waals surface area contributed by atoms with Gasteiger partial charge in [-0.1, -0.05) is 18.2 Å². The van der Waals surface area contributed by atoms with Crippen molar-refractivity contribution in [3.05, 3.63) is 35.4 Å². The van der Waals surface area contributed by atoms with Crippen LogP contribution in [0.2, 0.25) is 0 Å². The molecule has 0 radical (unpaired) electrons. The van der Waals surface area contributed by atoms with Crippen LogP contribution < -0.4 is 4.74 Å². The van der Waals surface area contributed by atoms with Crippen molar-refractivity contribution in [1.29, 1.82) is 0 Å². The second-order valence-corrected chi connectivity index (χ2v) is 3.63. The van der Waals surface area contributed by atoms with Crippen molar-refractivity contribution in [3.63, 3.8) is 0 Å². The minimum Gasteiger partial charge on any atom is -0.496 e. The molecule has 0 saturated carbocycles. The van der Waals surface area contributed by atoms with Gasteiger partial charge in [-0.05, 0) is 12.1 Å².